The Kier molecular flexibility index (Phi) is 4.85. The van der Waals surface area contributed by atoms with E-state index in [1.54, 1.807) is 6.20 Å². The quantitative estimate of drug-likeness (QED) is 0.840. The lowest BCUT2D eigenvalue weighted by Crippen LogP contribution is -2.37. The number of aryl methyl sites for hydroxylation is 1. The molecule has 0 aromatic carbocycles. The molecule has 0 radical (unpaired) electrons. The number of hydrogen-bond donors (Lipinski definition) is 0. The van der Waals surface area contributed by atoms with Gasteiger partial charge in [0.1, 0.15) is 16.0 Å². The average Bonchev–Trinajstić information content (AvgIpc) is 3.42. The van der Waals surface area contributed by atoms with Crippen molar-refractivity contribution >= 4 is 17.2 Å². The zero-order valence-corrected chi connectivity index (χ0v) is 15.4. The van der Waals surface area contributed by atoms with Crippen molar-refractivity contribution < 1.29 is 9.53 Å². The van der Waals surface area contributed by atoms with Crippen molar-refractivity contribution in [3.8, 4) is 0 Å². The van der Waals surface area contributed by atoms with Gasteiger partial charge in [-0.25, -0.2) is 4.98 Å². The Balaban J connectivity index is 1.36. The van der Waals surface area contributed by atoms with E-state index in [0.29, 0.717) is 5.92 Å². The summed E-state index contributed by atoms with van der Waals surface area (Å²) in [5.41, 5.74) is 1.30. The van der Waals surface area contributed by atoms with Gasteiger partial charge in [-0.1, -0.05) is 0 Å². The number of aromatic nitrogens is 3. The molecular weight excluding hydrogens is 336 g/mol. The van der Waals surface area contributed by atoms with Crippen LogP contribution in [0.2, 0.25) is 0 Å². The molecule has 0 saturated carbocycles. The second-order valence-electron chi connectivity index (χ2n) is 6.76. The topological polar surface area (TPSA) is 60.2 Å². The smallest absolute Gasteiger partial charge is 0.265 e. The summed E-state index contributed by atoms with van der Waals surface area (Å²) in [6.07, 6.45) is 10.0. The number of thiazole rings is 1. The zero-order chi connectivity index (χ0) is 17.2. The van der Waals surface area contributed by atoms with Gasteiger partial charge in [0.25, 0.3) is 5.91 Å². The SMILES string of the molecule is CCn1cc(C2CCN(C(=O)c3cnc(C4CCCO4)s3)CC2)cn1. The normalized spacial score (nSPS) is 21.8. The number of carbonyl (C=O) groups excluding carboxylic acids is 1. The summed E-state index contributed by atoms with van der Waals surface area (Å²) in [5.74, 6) is 0.623. The highest BCUT2D eigenvalue weighted by Gasteiger charge is 2.28. The first kappa shape index (κ1) is 16.7. The summed E-state index contributed by atoms with van der Waals surface area (Å²) in [7, 11) is 0. The van der Waals surface area contributed by atoms with E-state index in [-0.39, 0.29) is 12.0 Å². The lowest BCUT2D eigenvalue weighted by atomic mass is 9.91. The predicted octanol–water partition coefficient (Wildman–Crippen LogP) is 3.23. The van der Waals surface area contributed by atoms with Crippen LogP contribution >= 0.6 is 11.3 Å². The zero-order valence-electron chi connectivity index (χ0n) is 14.6. The number of likely N-dealkylation sites (tertiary alicyclic amines) is 1. The highest BCUT2D eigenvalue weighted by atomic mass is 32.1. The Morgan fingerprint density at radius 2 is 2.16 bits per heavy atom. The summed E-state index contributed by atoms with van der Waals surface area (Å²) < 4.78 is 7.64. The summed E-state index contributed by atoms with van der Waals surface area (Å²) in [6.45, 7) is 5.39. The van der Waals surface area contributed by atoms with Crippen LogP contribution in [-0.2, 0) is 11.3 Å². The van der Waals surface area contributed by atoms with Gasteiger partial charge in [0.2, 0.25) is 0 Å². The fraction of sp³-hybridized carbons (Fsp3) is 0.611. The van der Waals surface area contributed by atoms with Crippen LogP contribution in [0.15, 0.2) is 18.6 Å². The number of amides is 1. The molecule has 0 N–H and O–H groups in total. The first-order chi connectivity index (χ1) is 12.2. The van der Waals surface area contributed by atoms with Crippen molar-refractivity contribution in [3.05, 3.63) is 34.0 Å². The maximum absolute atomic E-state index is 12.8. The Hall–Kier alpha value is -1.73. The second kappa shape index (κ2) is 7.25. The third-order valence-corrected chi connectivity index (χ3v) is 6.25. The fourth-order valence-electron chi connectivity index (χ4n) is 3.64. The lowest BCUT2D eigenvalue weighted by molar-refractivity contribution is 0.0717. The van der Waals surface area contributed by atoms with Crippen LogP contribution in [0.3, 0.4) is 0 Å². The van der Waals surface area contributed by atoms with E-state index in [2.05, 4.69) is 23.2 Å². The van der Waals surface area contributed by atoms with Crippen molar-refractivity contribution in [2.75, 3.05) is 19.7 Å². The molecule has 1 amide bonds. The van der Waals surface area contributed by atoms with Crippen LogP contribution in [-0.4, -0.2) is 45.3 Å². The van der Waals surface area contributed by atoms with Crippen molar-refractivity contribution in [2.24, 2.45) is 0 Å². The maximum atomic E-state index is 12.8. The van der Waals surface area contributed by atoms with Crippen molar-refractivity contribution in [1.29, 1.82) is 0 Å². The molecule has 0 bridgehead atoms. The fourth-order valence-corrected chi connectivity index (χ4v) is 4.61. The molecule has 1 unspecified atom stereocenters. The highest BCUT2D eigenvalue weighted by Crippen LogP contribution is 2.33. The summed E-state index contributed by atoms with van der Waals surface area (Å²) in [4.78, 5) is 19.9. The summed E-state index contributed by atoms with van der Waals surface area (Å²) >= 11 is 1.49. The van der Waals surface area contributed by atoms with Crippen LogP contribution in [0.4, 0.5) is 0 Å². The van der Waals surface area contributed by atoms with E-state index in [1.165, 1.54) is 16.9 Å². The van der Waals surface area contributed by atoms with E-state index in [9.17, 15) is 4.79 Å². The molecule has 2 aliphatic heterocycles. The lowest BCUT2D eigenvalue weighted by Gasteiger charge is -2.31. The average molecular weight is 360 g/mol. The Labute approximate surface area is 151 Å². The number of piperidine rings is 1. The molecule has 4 rings (SSSR count). The minimum Gasteiger partial charge on any atom is -0.371 e. The van der Waals surface area contributed by atoms with Crippen molar-refractivity contribution in [2.45, 2.75) is 51.2 Å². The first-order valence-electron chi connectivity index (χ1n) is 9.13. The largest absolute Gasteiger partial charge is 0.371 e. The van der Waals surface area contributed by atoms with E-state index >= 15 is 0 Å². The third kappa shape index (κ3) is 3.48. The van der Waals surface area contributed by atoms with E-state index in [4.69, 9.17) is 4.74 Å². The van der Waals surface area contributed by atoms with Gasteiger partial charge in [0.05, 0.1) is 12.4 Å². The van der Waals surface area contributed by atoms with Crippen molar-refractivity contribution in [1.82, 2.24) is 19.7 Å². The number of hydrogen-bond acceptors (Lipinski definition) is 5. The van der Waals surface area contributed by atoms with Crippen LogP contribution in [0.25, 0.3) is 0 Å². The monoisotopic (exact) mass is 360 g/mol. The number of carbonyl (C=O) groups is 1. The Bertz CT molecular complexity index is 727. The van der Waals surface area contributed by atoms with E-state index in [1.807, 2.05) is 15.8 Å². The molecule has 6 nitrogen and oxygen atoms in total. The third-order valence-electron chi connectivity index (χ3n) is 5.17. The second-order valence-corrected chi connectivity index (χ2v) is 7.82. The minimum atomic E-state index is 0.0902. The molecule has 4 heterocycles. The molecule has 2 aromatic rings. The van der Waals surface area contributed by atoms with Crippen molar-refractivity contribution in [3.63, 3.8) is 0 Å². The minimum absolute atomic E-state index is 0.0902. The summed E-state index contributed by atoms with van der Waals surface area (Å²) in [6, 6.07) is 0. The van der Waals surface area contributed by atoms with Gasteiger partial charge < -0.3 is 9.64 Å². The molecule has 1 atom stereocenters. The van der Waals surface area contributed by atoms with Gasteiger partial charge in [-0.05, 0) is 44.1 Å². The Morgan fingerprint density at radius 1 is 1.32 bits per heavy atom. The van der Waals surface area contributed by atoms with Gasteiger partial charge in [-0.2, -0.15) is 5.10 Å². The van der Waals surface area contributed by atoms with Crippen LogP contribution in [0.5, 0.6) is 0 Å². The van der Waals surface area contributed by atoms with E-state index < -0.39 is 0 Å². The van der Waals surface area contributed by atoms with Crippen LogP contribution in [0, 0.1) is 0 Å². The molecule has 2 saturated heterocycles. The molecule has 0 spiro atoms. The Morgan fingerprint density at radius 3 is 2.84 bits per heavy atom. The molecule has 134 valence electrons. The predicted molar refractivity (Wildman–Crippen MR) is 95.8 cm³/mol. The molecule has 2 aromatic heterocycles. The van der Waals surface area contributed by atoms with Crippen LogP contribution < -0.4 is 0 Å². The molecule has 2 fully saturated rings. The van der Waals surface area contributed by atoms with Gasteiger partial charge in [-0.3, -0.25) is 9.48 Å². The highest BCUT2D eigenvalue weighted by molar-refractivity contribution is 7.13. The summed E-state index contributed by atoms with van der Waals surface area (Å²) in [5, 5.41) is 5.32. The number of nitrogens with zero attached hydrogens (tertiary/aromatic N) is 4. The van der Waals surface area contributed by atoms with Gasteiger partial charge in [0, 0.05) is 32.4 Å². The maximum Gasteiger partial charge on any atom is 0.265 e. The van der Waals surface area contributed by atoms with Crippen LogP contribution in [0.1, 0.15) is 64.9 Å². The number of rotatable bonds is 4. The van der Waals surface area contributed by atoms with Gasteiger partial charge in [0.15, 0.2) is 0 Å². The molecule has 2 aliphatic rings. The molecule has 7 heteroatoms. The standard InChI is InChI=1S/C18H24N4O2S/c1-2-22-12-14(10-20-22)13-5-7-21(8-6-13)18(23)16-11-19-17(25-16)15-4-3-9-24-15/h10-13,15H,2-9H2,1H3. The molecule has 25 heavy (non-hydrogen) atoms. The molecule has 0 aliphatic carbocycles. The molecular formula is C18H24N4O2S. The van der Waals surface area contributed by atoms with Gasteiger partial charge in [-0.15, -0.1) is 11.3 Å². The van der Waals surface area contributed by atoms with Gasteiger partial charge >= 0.3 is 0 Å². The van der Waals surface area contributed by atoms with E-state index in [0.717, 1.165) is 61.8 Å². The number of ether oxygens (including phenoxy) is 1. The first-order valence-corrected chi connectivity index (χ1v) is 9.95.